The number of methoxy groups -OCH3 is 2. The number of thioether (sulfide) groups is 1. The van der Waals surface area contributed by atoms with Crippen LogP contribution in [0.5, 0.6) is 11.5 Å². The van der Waals surface area contributed by atoms with Crippen LogP contribution in [0, 0.1) is 6.92 Å². The largest absolute Gasteiger partial charge is 0.497 e. The predicted octanol–water partition coefficient (Wildman–Crippen LogP) is 5.37. The Morgan fingerprint density at radius 2 is 1.68 bits per heavy atom. The van der Waals surface area contributed by atoms with Crippen molar-refractivity contribution < 1.29 is 9.47 Å². The summed E-state index contributed by atoms with van der Waals surface area (Å²) in [5.41, 5.74) is 3.94. The van der Waals surface area contributed by atoms with E-state index in [9.17, 15) is 0 Å². The molecule has 2 aromatic carbocycles. The van der Waals surface area contributed by atoms with Gasteiger partial charge in [-0.15, -0.1) is 21.5 Å². The Morgan fingerprint density at radius 1 is 0.964 bits per heavy atom. The van der Waals surface area contributed by atoms with Gasteiger partial charge in [0.25, 0.3) is 0 Å². The standard InChI is InChI=1S/C21H19N3O2S2/c1-13-22-19-20(28-13)18(15-7-5-4-6-8-15)23-24-21(19)27-12-14-9-16(25-2)11-17(10-14)26-3/h4-11H,12H2,1-3H3. The molecule has 0 bridgehead atoms. The van der Waals surface area contributed by atoms with Crippen LogP contribution in [0.3, 0.4) is 0 Å². The molecule has 0 saturated carbocycles. The van der Waals surface area contributed by atoms with Crippen LogP contribution in [0.4, 0.5) is 0 Å². The zero-order chi connectivity index (χ0) is 19.5. The van der Waals surface area contributed by atoms with Gasteiger partial charge in [0.05, 0.1) is 23.9 Å². The molecule has 0 radical (unpaired) electrons. The number of hydrogen-bond acceptors (Lipinski definition) is 7. The highest BCUT2D eigenvalue weighted by atomic mass is 32.2. The van der Waals surface area contributed by atoms with Gasteiger partial charge in [0.2, 0.25) is 0 Å². The number of rotatable bonds is 6. The van der Waals surface area contributed by atoms with Crippen molar-refractivity contribution in [1.29, 1.82) is 0 Å². The Labute approximate surface area is 171 Å². The fourth-order valence-electron chi connectivity index (χ4n) is 2.90. The molecule has 0 amide bonds. The number of fused-ring (bicyclic) bond motifs is 1. The molecular formula is C21H19N3O2S2. The predicted molar refractivity (Wildman–Crippen MR) is 114 cm³/mol. The molecule has 2 heterocycles. The van der Waals surface area contributed by atoms with E-state index in [1.807, 2.05) is 55.5 Å². The van der Waals surface area contributed by atoms with Gasteiger partial charge >= 0.3 is 0 Å². The molecule has 0 saturated heterocycles. The Hall–Kier alpha value is -2.64. The summed E-state index contributed by atoms with van der Waals surface area (Å²) < 4.78 is 11.8. The van der Waals surface area contributed by atoms with Crippen molar-refractivity contribution in [3.63, 3.8) is 0 Å². The molecule has 0 fully saturated rings. The first-order chi connectivity index (χ1) is 13.7. The fourth-order valence-corrected chi connectivity index (χ4v) is 4.75. The van der Waals surface area contributed by atoms with Crippen molar-refractivity contribution in [2.45, 2.75) is 17.7 Å². The summed E-state index contributed by atoms with van der Waals surface area (Å²) in [7, 11) is 3.31. The number of nitrogens with zero attached hydrogens (tertiary/aromatic N) is 3. The van der Waals surface area contributed by atoms with Gasteiger partial charge in [-0.1, -0.05) is 42.1 Å². The summed E-state index contributed by atoms with van der Waals surface area (Å²) in [6, 6.07) is 16.0. The van der Waals surface area contributed by atoms with Crippen molar-refractivity contribution in [3.8, 4) is 22.8 Å². The smallest absolute Gasteiger partial charge is 0.146 e. The number of aryl methyl sites for hydroxylation is 1. The van der Waals surface area contributed by atoms with Crippen molar-refractivity contribution in [2.24, 2.45) is 0 Å². The van der Waals surface area contributed by atoms with Crippen molar-refractivity contribution in [2.75, 3.05) is 14.2 Å². The van der Waals surface area contributed by atoms with Crippen molar-refractivity contribution in [1.82, 2.24) is 15.2 Å². The second-order valence-corrected chi connectivity index (χ2v) is 8.31. The van der Waals surface area contributed by atoms with E-state index in [0.29, 0.717) is 0 Å². The van der Waals surface area contributed by atoms with Crippen LogP contribution < -0.4 is 9.47 Å². The lowest BCUT2D eigenvalue weighted by Gasteiger charge is -2.09. The van der Waals surface area contributed by atoms with Gasteiger partial charge in [-0.2, -0.15) is 0 Å². The quantitative estimate of drug-likeness (QED) is 0.399. The van der Waals surface area contributed by atoms with Crippen LogP contribution in [-0.2, 0) is 5.75 Å². The number of benzene rings is 2. The van der Waals surface area contributed by atoms with Crippen LogP contribution in [0.2, 0.25) is 0 Å². The second kappa shape index (κ2) is 8.16. The molecule has 5 nitrogen and oxygen atoms in total. The van der Waals surface area contributed by atoms with Crippen LogP contribution >= 0.6 is 23.1 Å². The normalized spacial score (nSPS) is 11.0. The van der Waals surface area contributed by atoms with E-state index >= 15 is 0 Å². The molecule has 0 spiro atoms. The number of ether oxygens (including phenoxy) is 2. The monoisotopic (exact) mass is 409 g/mol. The average Bonchev–Trinajstić information content (AvgIpc) is 3.13. The maximum Gasteiger partial charge on any atom is 0.146 e. The van der Waals surface area contributed by atoms with Crippen LogP contribution in [-0.4, -0.2) is 29.4 Å². The molecule has 4 rings (SSSR count). The minimum Gasteiger partial charge on any atom is -0.497 e. The lowest BCUT2D eigenvalue weighted by Crippen LogP contribution is -1.94. The zero-order valence-corrected chi connectivity index (χ0v) is 17.4. The van der Waals surface area contributed by atoms with Gasteiger partial charge in [0, 0.05) is 17.4 Å². The molecule has 2 aromatic heterocycles. The van der Waals surface area contributed by atoms with Crippen LogP contribution in [0.25, 0.3) is 21.5 Å². The summed E-state index contributed by atoms with van der Waals surface area (Å²) in [6.45, 7) is 2.01. The van der Waals surface area contributed by atoms with Crippen LogP contribution in [0.1, 0.15) is 10.6 Å². The number of aromatic nitrogens is 3. The van der Waals surface area contributed by atoms with E-state index in [-0.39, 0.29) is 0 Å². The molecule has 0 N–H and O–H groups in total. The average molecular weight is 410 g/mol. The third-order valence-electron chi connectivity index (χ3n) is 4.23. The van der Waals surface area contributed by atoms with Gasteiger partial charge in [-0.3, -0.25) is 0 Å². The molecule has 7 heteroatoms. The summed E-state index contributed by atoms with van der Waals surface area (Å²) in [5, 5.41) is 10.9. The molecule has 4 aromatic rings. The molecule has 28 heavy (non-hydrogen) atoms. The Balaban J connectivity index is 1.67. The topological polar surface area (TPSA) is 57.1 Å². The van der Waals surface area contributed by atoms with E-state index in [1.165, 1.54) is 0 Å². The van der Waals surface area contributed by atoms with Crippen LogP contribution in [0.15, 0.2) is 53.6 Å². The summed E-state index contributed by atoms with van der Waals surface area (Å²) in [4.78, 5) is 4.72. The highest BCUT2D eigenvalue weighted by molar-refractivity contribution is 7.98. The third-order valence-corrected chi connectivity index (χ3v) is 6.23. The number of hydrogen-bond donors (Lipinski definition) is 0. The Bertz CT molecular complexity index is 1090. The molecule has 0 aliphatic carbocycles. The molecule has 0 unspecified atom stereocenters. The van der Waals surface area contributed by atoms with Gasteiger partial charge in [0.15, 0.2) is 0 Å². The van der Waals surface area contributed by atoms with E-state index < -0.39 is 0 Å². The van der Waals surface area contributed by atoms with Gasteiger partial charge in [0.1, 0.15) is 27.7 Å². The van der Waals surface area contributed by atoms with Gasteiger partial charge < -0.3 is 9.47 Å². The Morgan fingerprint density at radius 3 is 2.36 bits per heavy atom. The Kier molecular flexibility index (Phi) is 5.45. The first-order valence-electron chi connectivity index (χ1n) is 8.72. The highest BCUT2D eigenvalue weighted by Gasteiger charge is 2.16. The first-order valence-corrected chi connectivity index (χ1v) is 10.5. The zero-order valence-electron chi connectivity index (χ0n) is 15.8. The maximum atomic E-state index is 5.36. The lowest BCUT2D eigenvalue weighted by atomic mass is 10.1. The fraction of sp³-hybridized carbons (Fsp3) is 0.190. The molecular weight excluding hydrogens is 390 g/mol. The molecule has 0 atom stereocenters. The summed E-state index contributed by atoms with van der Waals surface area (Å²) in [5.74, 6) is 2.27. The van der Waals surface area contributed by atoms with Crippen molar-refractivity contribution >= 4 is 33.3 Å². The molecule has 0 aliphatic rings. The lowest BCUT2D eigenvalue weighted by molar-refractivity contribution is 0.393. The third kappa shape index (κ3) is 3.81. The van der Waals surface area contributed by atoms with E-state index in [4.69, 9.17) is 14.5 Å². The first kappa shape index (κ1) is 18.7. The van der Waals surface area contributed by atoms with E-state index in [2.05, 4.69) is 10.2 Å². The summed E-state index contributed by atoms with van der Waals surface area (Å²) >= 11 is 3.27. The van der Waals surface area contributed by atoms with Gasteiger partial charge in [-0.25, -0.2) is 4.98 Å². The van der Waals surface area contributed by atoms with E-state index in [1.54, 1.807) is 37.3 Å². The van der Waals surface area contributed by atoms with E-state index in [0.717, 1.165) is 54.3 Å². The molecule has 0 aliphatic heterocycles. The highest BCUT2D eigenvalue weighted by Crippen LogP contribution is 2.36. The minimum absolute atomic E-state index is 0.721. The van der Waals surface area contributed by atoms with Gasteiger partial charge in [-0.05, 0) is 24.6 Å². The van der Waals surface area contributed by atoms with Crippen molar-refractivity contribution in [3.05, 3.63) is 59.1 Å². The SMILES string of the molecule is COc1cc(CSc2nnc(-c3ccccc3)c3sc(C)nc23)cc(OC)c1. The summed E-state index contributed by atoms with van der Waals surface area (Å²) in [6.07, 6.45) is 0. The second-order valence-electron chi connectivity index (χ2n) is 6.14. The maximum absolute atomic E-state index is 5.36. The number of thiazole rings is 1. The minimum atomic E-state index is 0.721. The molecule has 142 valence electrons.